The van der Waals surface area contributed by atoms with Gasteiger partial charge in [0, 0.05) is 26.7 Å². The molecule has 0 aromatic heterocycles. The van der Waals surface area contributed by atoms with Crippen molar-refractivity contribution in [1.29, 1.82) is 0 Å². The Bertz CT molecular complexity index is 393. The largest absolute Gasteiger partial charge is 0.449 e. The van der Waals surface area contributed by atoms with Gasteiger partial charge in [0.2, 0.25) is 0 Å². The number of unbranched alkanes of at least 4 members (excludes halogenated alkanes) is 6. The SMILES string of the molecule is CCCCCCCO[C@@H]1C(OC(C)=O)S[C@H](COCCCC)[C@H]1OCCCC. The van der Waals surface area contributed by atoms with Crippen LogP contribution in [0.1, 0.15) is 85.5 Å². The van der Waals surface area contributed by atoms with E-state index in [1.165, 1.54) is 32.6 Å². The van der Waals surface area contributed by atoms with Crippen LogP contribution < -0.4 is 0 Å². The third-order valence-electron chi connectivity index (χ3n) is 4.84. The molecule has 1 fully saturated rings. The molecule has 166 valence electrons. The van der Waals surface area contributed by atoms with Gasteiger partial charge in [-0.1, -0.05) is 59.3 Å². The lowest BCUT2D eigenvalue weighted by molar-refractivity contribution is -0.153. The predicted molar refractivity (Wildman–Crippen MR) is 116 cm³/mol. The fourth-order valence-electron chi connectivity index (χ4n) is 3.20. The summed E-state index contributed by atoms with van der Waals surface area (Å²) < 4.78 is 23.9. The monoisotopic (exact) mass is 418 g/mol. The van der Waals surface area contributed by atoms with Crippen molar-refractivity contribution in [3.63, 3.8) is 0 Å². The molecule has 0 aliphatic carbocycles. The maximum atomic E-state index is 11.6. The van der Waals surface area contributed by atoms with Crippen molar-refractivity contribution < 1.29 is 23.7 Å². The van der Waals surface area contributed by atoms with Gasteiger partial charge in [0.05, 0.1) is 11.9 Å². The van der Waals surface area contributed by atoms with E-state index in [4.69, 9.17) is 18.9 Å². The molecular formula is C22H42O5S. The summed E-state index contributed by atoms with van der Waals surface area (Å²) in [6.45, 7) is 10.7. The molecule has 0 aromatic rings. The number of esters is 1. The Morgan fingerprint density at radius 2 is 1.39 bits per heavy atom. The van der Waals surface area contributed by atoms with E-state index in [1.54, 1.807) is 11.8 Å². The zero-order valence-corrected chi connectivity index (χ0v) is 19.3. The Hall–Kier alpha value is -0.300. The summed E-state index contributed by atoms with van der Waals surface area (Å²) in [5, 5.41) is 0.128. The molecule has 0 bridgehead atoms. The third kappa shape index (κ3) is 10.5. The quantitative estimate of drug-likeness (QED) is 0.234. The van der Waals surface area contributed by atoms with E-state index in [1.807, 2.05) is 0 Å². The Morgan fingerprint density at radius 1 is 0.786 bits per heavy atom. The molecule has 1 heterocycles. The smallest absolute Gasteiger partial charge is 0.303 e. The molecule has 5 nitrogen and oxygen atoms in total. The van der Waals surface area contributed by atoms with Gasteiger partial charge in [0.15, 0.2) is 5.44 Å². The lowest BCUT2D eigenvalue weighted by Gasteiger charge is -2.26. The van der Waals surface area contributed by atoms with E-state index >= 15 is 0 Å². The van der Waals surface area contributed by atoms with Gasteiger partial charge in [-0.3, -0.25) is 4.79 Å². The number of thioether (sulfide) groups is 1. The van der Waals surface area contributed by atoms with Crippen LogP contribution >= 0.6 is 11.8 Å². The van der Waals surface area contributed by atoms with Gasteiger partial charge in [-0.05, 0) is 19.3 Å². The van der Waals surface area contributed by atoms with Crippen molar-refractivity contribution in [3.05, 3.63) is 0 Å². The molecule has 0 N–H and O–H groups in total. The average Bonchev–Trinajstić information content (AvgIpc) is 2.98. The molecule has 0 radical (unpaired) electrons. The first-order chi connectivity index (χ1) is 13.6. The second kappa shape index (κ2) is 16.5. The minimum absolute atomic E-state index is 0.0989. The van der Waals surface area contributed by atoms with E-state index in [-0.39, 0.29) is 28.9 Å². The van der Waals surface area contributed by atoms with E-state index < -0.39 is 0 Å². The van der Waals surface area contributed by atoms with E-state index in [9.17, 15) is 4.79 Å². The van der Waals surface area contributed by atoms with Crippen LogP contribution in [-0.2, 0) is 23.7 Å². The number of hydrogen-bond donors (Lipinski definition) is 0. The first-order valence-electron chi connectivity index (χ1n) is 11.3. The van der Waals surface area contributed by atoms with Crippen LogP contribution in [0.5, 0.6) is 0 Å². The van der Waals surface area contributed by atoms with Gasteiger partial charge >= 0.3 is 5.97 Å². The van der Waals surface area contributed by atoms with Crippen LogP contribution in [0.25, 0.3) is 0 Å². The summed E-state index contributed by atoms with van der Waals surface area (Å²) in [4.78, 5) is 11.6. The number of hydrogen-bond acceptors (Lipinski definition) is 6. The Labute approximate surface area is 176 Å². The maximum absolute atomic E-state index is 11.6. The van der Waals surface area contributed by atoms with Crippen molar-refractivity contribution in [1.82, 2.24) is 0 Å². The van der Waals surface area contributed by atoms with E-state index in [2.05, 4.69) is 20.8 Å². The van der Waals surface area contributed by atoms with Gasteiger partial charge in [-0.25, -0.2) is 0 Å². The predicted octanol–water partition coefficient (Wildman–Crippen LogP) is 5.35. The molecule has 6 heteroatoms. The van der Waals surface area contributed by atoms with E-state index in [0.29, 0.717) is 19.8 Å². The first kappa shape index (κ1) is 25.7. The Kier molecular flexibility index (Phi) is 15.2. The zero-order valence-electron chi connectivity index (χ0n) is 18.5. The van der Waals surface area contributed by atoms with E-state index in [0.717, 1.165) is 38.7 Å². The molecule has 1 aliphatic rings. The van der Waals surface area contributed by atoms with Crippen molar-refractivity contribution in [2.45, 2.75) is 108 Å². The molecule has 1 unspecified atom stereocenters. The van der Waals surface area contributed by atoms with Crippen LogP contribution in [0.15, 0.2) is 0 Å². The van der Waals surface area contributed by atoms with Crippen LogP contribution in [0.4, 0.5) is 0 Å². The number of ether oxygens (including phenoxy) is 4. The first-order valence-corrected chi connectivity index (χ1v) is 12.2. The topological polar surface area (TPSA) is 54.0 Å². The van der Waals surface area contributed by atoms with Crippen LogP contribution in [0.2, 0.25) is 0 Å². The highest BCUT2D eigenvalue weighted by atomic mass is 32.2. The summed E-state index contributed by atoms with van der Waals surface area (Å²) in [6, 6.07) is 0. The van der Waals surface area contributed by atoms with Gasteiger partial charge < -0.3 is 18.9 Å². The second-order valence-corrected chi connectivity index (χ2v) is 8.86. The molecule has 1 saturated heterocycles. The molecule has 28 heavy (non-hydrogen) atoms. The lowest BCUT2D eigenvalue weighted by atomic mass is 10.1. The molecule has 0 spiro atoms. The lowest BCUT2D eigenvalue weighted by Crippen LogP contribution is -2.40. The molecule has 4 atom stereocenters. The minimum Gasteiger partial charge on any atom is -0.449 e. The Balaban J connectivity index is 2.65. The highest BCUT2D eigenvalue weighted by Crippen LogP contribution is 2.39. The standard InChI is InChI=1S/C22H42O5S/c1-5-8-11-12-13-16-26-21-20(25-15-10-7-3)19(17-24-14-9-6-2)28-22(21)27-18(4)23/h19-22H,5-17H2,1-4H3/t19-,20-,21+,22?/m1/s1. The zero-order chi connectivity index (χ0) is 20.6. The second-order valence-electron chi connectivity index (χ2n) is 7.52. The average molecular weight is 419 g/mol. The summed E-state index contributed by atoms with van der Waals surface area (Å²) >= 11 is 1.63. The molecule has 1 aliphatic heterocycles. The summed E-state index contributed by atoms with van der Waals surface area (Å²) in [6.07, 6.45) is 9.94. The van der Waals surface area contributed by atoms with Crippen LogP contribution in [0, 0.1) is 0 Å². The van der Waals surface area contributed by atoms with Crippen molar-refractivity contribution in [3.8, 4) is 0 Å². The van der Waals surface area contributed by atoms with Gasteiger partial charge in [-0.15, -0.1) is 11.8 Å². The summed E-state index contributed by atoms with van der Waals surface area (Å²) in [5.74, 6) is -0.270. The molecule has 0 amide bonds. The number of rotatable bonds is 17. The van der Waals surface area contributed by atoms with Crippen LogP contribution in [0.3, 0.4) is 0 Å². The summed E-state index contributed by atoms with van der Waals surface area (Å²) in [7, 11) is 0. The normalized spacial score (nSPS) is 24.6. The molecular weight excluding hydrogens is 376 g/mol. The number of carbonyl (C=O) groups excluding carboxylic acids is 1. The summed E-state index contributed by atoms with van der Waals surface area (Å²) in [5.41, 5.74) is -0.320. The highest BCUT2D eigenvalue weighted by Gasteiger charge is 2.47. The van der Waals surface area contributed by atoms with Crippen molar-refractivity contribution >= 4 is 17.7 Å². The fraction of sp³-hybridized carbons (Fsp3) is 0.955. The van der Waals surface area contributed by atoms with Crippen LogP contribution in [-0.4, -0.2) is 55.3 Å². The van der Waals surface area contributed by atoms with Gasteiger partial charge in [0.1, 0.15) is 12.2 Å². The van der Waals surface area contributed by atoms with Crippen molar-refractivity contribution in [2.75, 3.05) is 26.4 Å². The molecule has 0 aromatic carbocycles. The molecule has 1 rings (SSSR count). The maximum Gasteiger partial charge on any atom is 0.303 e. The number of carbonyl (C=O) groups is 1. The van der Waals surface area contributed by atoms with Gasteiger partial charge in [0.25, 0.3) is 0 Å². The Morgan fingerprint density at radius 3 is 2.07 bits per heavy atom. The third-order valence-corrected chi connectivity index (χ3v) is 6.23. The van der Waals surface area contributed by atoms with Gasteiger partial charge in [-0.2, -0.15) is 0 Å². The highest BCUT2D eigenvalue weighted by molar-refractivity contribution is 8.00. The van der Waals surface area contributed by atoms with Crippen molar-refractivity contribution in [2.24, 2.45) is 0 Å². The minimum atomic E-state index is -0.320. The fourth-order valence-corrected chi connectivity index (χ4v) is 4.68. The molecule has 0 saturated carbocycles.